The van der Waals surface area contributed by atoms with Gasteiger partial charge < -0.3 is 4.74 Å². The topological polar surface area (TPSA) is 9.23 Å². The van der Waals surface area contributed by atoms with E-state index in [1.807, 2.05) is 0 Å². The van der Waals surface area contributed by atoms with E-state index in [2.05, 4.69) is 0 Å². The van der Waals surface area contributed by atoms with Crippen LogP contribution in [0.1, 0.15) is 5.56 Å². The fourth-order valence-corrected chi connectivity index (χ4v) is 3.31. The Morgan fingerprint density at radius 3 is 2.09 bits per heavy atom. The molecule has 0 aliphatic rings. The fourth-order valence-electron chi connectivity index (χ4n) is 1.78. The standard InChI is InChI=1S/C16H11Cl2F3OS/c1-22-11-7-5-10(6-8-11)12(16(19,20)21)9-23-15-13(17)3-2-4-14(15)18/h2-9H,1H3/b12-9+. The Balaban J connectivity index is 2.39. The lowest BCUT2D eigenvalue weighted by atomic mass is 10.1. The predicted molar refractivity (Wildman–Crippen MR) is 89.3 cm³/mol. The number of ether oxygens (including phenoxy) is 1. The molecule has 7 heteroatoms. The van der Waals surface area contributed by atoms with Crippen molar-refractivity contribution in [3.05, 3.63) is 63.5 Å². The van der Waals surface area contributed by atoms with Crippen molar-refractivity contribution in [1.82, 2.24) is 0 Å². The van der Waals surface area contributed by atoms with Crippen molar-refractivity contribution in [1.29, 1.82) is 0 Å². The molecule has 0 aliphatic heterocycles. The molecule has 0 unspecified atom stereocenters. The normalized spacial score (nSPS) is 12.3. The van der Waals surface area contributed by atoms with Gasteiger partial charge in [0.25, 0.3) is 0 Å². The number of hydrogen-bond acceptors (Lipinski definition) is 2. The molecule has 0 heterocycles. The van der Waals surface area contributed by atoms with Crippen LogP contribution in [0.3, 0.4) is 0 Å². The number of benzene rings is 2. The Morgan fingerprint density at radius 2 is 1.61 bits per heavy atom. The Bertz CT molecular complexity index is 692. The fraction of sp³-hybridized carbons (Fsp3) is 0.125. The van der Waals surface area contributed by atoms with Crippen LogP contribution < -0.4 is 4.74 Å². The molecule has 0 radical (unpaired) electrons. The lowest BCUT2D eigenvalue weighted by molar-refractivity contribution is -0.0687. The van der Waals surface area contributed by atoms with Crippen molar-refractivity contribution in [3.8, 4) is 5.75 Å². The predicted octanol–water partition coefficient (Wildman–Crippen LogP) is 6.70. The highest BCUT2D eigenvalue weighted by molar-refractivity contribution is 8.02. The molecule has 0 saturated carbocycles. The maximum Gasteiger partial charge on any atom is 0.417 e. The first-order chi connectivity index (χ1) is 10.8. The van der Waals surface area contributed by atoms with Crippen LogP contribution in [0.2, 0.25) is 10.0 Å². The largest absolute Gasteiger partial charge is 0.497 e. The maximum absolute atomic E-state index is 13.3. The van der Waals surface area contributed by atoms with E-state index < -0.39 is 11.7 Å². The van der Waals surface area contributed by atoms with Crippen molar-refractivity contribution >= 4 is 40.5 Å². The van der Waals surface area contributed by atoms with Crippen LogP contribution in [-0.2, 0) is 0 Å². The van der Waals surface area contributed by atoms with E-state index in [9.17, 15) is 13.2 Å². The first-order valence-corrected chi connectivity index (χ1v) is 7.99. The Kier molecular flexibility index (Phi) is 5.89. The minimum atomic E-state index is -4.50. The number of halogens is 5. The molecule has 0 saturated heterocycles. The Morgan fingerprint density at radius 1 is 1.04 bits per heavy atom. The number of hydrogen-bond donors (Lipinski definition) is 0. The second-order valence-electron chi connectivity index (χ2n) is 4.43. The monoisotopic (exact) mass is 378 g/mol. The SMILES string of the molecule is COc1ccc(/C(=C\Sc2c(Cl)cccc2Cl)C(F)(F)F)cc1. The smallest absolute Gasteiger partial charge is 0.417 e. The molecular formula is C16H11Cl2F3OS. The van der Waals surface area contributed by atoms with E-state index in [0.717, 1.165) is 17.2 Å². The molecule has 23 heavy (non-hydrogen) atoms. The van der Waals surface area contributed by atoms with Gasteiger partial charge in [-0.15, -0.1) is 0 Å². The summed E-state index contributed by atoms with van der Waals surface area (Å²) in [6.07, 6.45) is -4.50. The molecule has 0 fully saturated rings. The summed E-state index contributed by atoms with van der Waals surface area (Å²) in [5.74, 6) is 0.483. The van der Waals surface area contributed by atoms with Gasteiger partial charge in [0.15, 0.2) is 0 Å². The van der Waals surface area contributed by atoms with Gasteiger partial charge in [0.05, 0.1) is 22.7 Å². The number of thioether (sulfide) groups is 1. The summed E-state index contributed by atoms with van der Waals surface area (Å²) in [4.78, 5) is 0.381. The number of allylic oxidation sites excluding steroid dienone is 1. The van der Waals surface area contributed by atoms with Gasteiger partial charge in [-0.3, -0.25) is 0 Å². The van der Waals surface area contributed by atoms with Gasteiger partial charge in [0.2, 0.25) is 0 Å². The first-order valence-electron chi connectivity index (χ1n) is 6.35. The van der Waals surface area contributed by atoms with E-state index in [1.54, 1.807) is 18.2 Å². The third-order valence-corrected chi connectivity index (χ3v) is 4.80. The van der Waals surface area contributed by atoms with Gasteiger partial charge in [0, 0.05) is 4.90 Å². The summed E-state index contributed by atoms with van der Waals surface area (Å²) in [5.41, 5.74) is -0.741. The molecule has 0 bridgehead atoms. The highest BCUT2D eigenvalue weighted by Gasteiger charge is 2.34. The molecule has 2 aromatic carbocycles. The van der Waals surface area contributed by atoms with Crippen LogP contribution in [-0.4, -0.2) is 13.3 Å². The highest BCUT2D eigenvalue weighted by Crippen LogP contribution is 2.41. The molecule has 0 N–H and O–H groups in total. The summed E-state index contributed by atoms with van der Waals surface area (Å²) >= 11 is 12.8. The number of methoxy groups -OCH3 is 1. The van der Waals surface area contributed by atoms with Crippen LogP contribution >= 0.6 is 35.0 Å². The lowest BCUT2D eigenvalue weighted by Crippen LogP contribution is -2.10. The molecule has 122 valence electrons. The molecular weight excluding hydrogens is 368 g/mol. The number of rotatable bonds is 4. The van der Waals surface area contributed by atoms with Crippen molar-refractivity contribution in [2.75, 3.05) is 7.11 Å². The van der Waals surface area contributed by atoms with Crippen LogP contribution in [0.15, 0.2) is 52.8 Å². The van der Waals surface area contributed by atoms with Crippen LogP contribution in [0.4, 0.5) is 13.2 Å². The summed E-state index contributed by atoms with van der Waals surface area (Å²) in [5, 5.41) is 1.61. The van der Waals surface area contributed by atoms with Crippen molar-refractivity contribution < 1.29 is 17.9 Å². The molecule has 0 atom stereocenters. The molecule has 0 amide bonds. The van der Waals surface area contributed by atoms with Gasteiger partial charge in [0.1, 0.15) is 5.75 Å². The third-order valence-electron chi connectivity index (χ3n) is 2.92. The van der Waals surface area contributed by atoms with Gasteiger partial charge in [-0.2, -0.15) is 13.2 Å². The van der Waals surface area contributed by atoms with Crippen LogP contribution in [0.5, 0.6) is 5.75 Å². The molecule has 2 aromatic rings. The summed E-state index contributed by atoms with van der Waals surface area (Å²) in [6.45, 7) is 0. The average Bonchev–Trinajstić information content (AvgIpc) is 2.49. The maximum atomic E-state index is 13.3. The van der Waals surface area contributed by atoms with E-state index in [4.69, 9.17) is 27.9 Å². The summed E-state index contributed by atoms with van der Waals surface area (Å²) < 4.78 is 44.9. The quantitative estimate of drug-likeness (QED) is 0.547. The van der Waals surface area contributed by atoms with E-state index in [-0.39, 0.29) is 5.56 Å². The molecule has 0 aromatic heterocycles. The van der Waals surface area contributed by atoms with E-state index >= 15 is 0 Å². The molecule has 2 rings (SSSR count). The second kappa shape index (κ2) is 7.51. The Hall–Kier alpha value is -1.30. The summed E-state index contributed by atoms with van der Waals surface area (Å²) in [7, 11) is 1.45. The first kappa shape index (κ1) is 18.0. The zero-order valence-corrected chi connectivity index (χ0v) is 14.2. The molecule has 0 spiro atoms. The van der Waals surface area contributed by atoms with Gasteiger partial charge in [-0.1, -0.05) is 53.2 Å². The van der Waals surface area contributed by atoms with Crippen LogP contribution in [0, 0.1) is 0 Å². The molecule has 1 nitrogen and oxygen atoms in total. The minimum absolute atomic E-state index is 0.0361. The zero-order valence-electron chi connectivity index (χ0n) is 11.8. The van der Waals surface area contributed by atoms with E-state index in [1.165, 1.54) is 31.4 Å². The van der Waals surface area contributed by atoms with E-state index in [0.29, 0.717) is 20.7 Å². The summed E-state index contributed by atoms with van der Waals surface area (Å²) in [6, 6.07) is 10.4. The number of alkyl halides is 3. The molecule has 0 aliphatic carbocycles. The zero-order chi connectivity index (χ0) is 17.0. The second-order valence-corrected chi connectivity index (χ2v) is 6.12. The Labute approximate surface area is 146 Å². The average molecular weight is 379 g/mol. The van der Waals surface area contributed by atoms with Gasteiger partial charge >= 0.3 is 6.18 Å². The lowest BCUT2D eigenvalue weighted by Gasteiger charge is -2.13. The third kappa shape index (κ3) is 4.59. The van der Waals surface area contributed by atoms with Crippen molar-refractivity contribution in [3.63, 3.8) is 0 Å². The van der Waals surface area contributed by atoms with Gasteiger partial charge in [-0.05, 0) is 35.2 Å². The van der Waals surface area contributed by atoms with Crippen molar-refractivity contribution in [2.45, 2.75) is 11.1 Å². The van der Waals surface area contributed by atoms with Gasteiger partial charge in [-0.25, -0.2) is 0 Å². The van der Waals surface area contributed by atoms with Crippen molar-refractivity contribution in [2.24, 2.45) is 0 Å². The highest BCUT2D eigenvalue weighted by atomic mass is 35.5. The minimum Gasteiger partial charge on any atom is -0.497 e. The van der Waals surface area contributed by atoms with Crippen LogP contribution in [0.25, 0.3) is 5.57 Å².